The maximum absolute atomic E-state index is 13.0. The minimum atomic E-state index is -1.12. The van der Waals surface area contributed by atoms with Crippen LogP contribution in [0.15, 0.2) is 35.7 Å². The number of hydrogen-bond donors (Lipinski definition) is 2. The van der Waals surface area contributed by atoms with Crippen molar-refractivity contribution in [2.75, 3.05) is 12.4 Å². The Morgan fingerprint density at radius 1 is 1.14 bits per heavy atom. The van der Waals surface area contributed by atoms with Crippen LogP contribution in [0.3, 0.4) is 0 Å². The summed E-state index contributed by atoms with van der Waals surface area (Å²) < 4.78 is 7.61. The quantitative estimate of drug-likeness (QED) is 0.221. The van der Waals surface area contributed by atoms with Crippen LogP contribution < -0.4 is 10.1 Å². The summed E-state index contributed by atoms with van der Waals surface area (Å²) in [6, 6.07) is 8.73. The van der Waals surface area contributed by atoms with Gasteiger partial charge in [0.05, 0.1) is 16.2 Å². The summed E-state index contributed by atoms with van der Waals surface area (Å²) in [6.45, 7) is 0. The van der Waals surface area contributed by atoms with Crippen molar-refractivity contribution in [2.24, 2.45) is 0 Å². The van der Waals surface area contributed by atoms with Crippen LogP contribution in [0, 0.1) is 10.7 Å². The summed E-state index contributed by atoms with van der Waals surface area (Å²) in [5.74, 6) is -0.812. The largest absolute Gasteiger partial charge is 0.496 e. The van der Waals surface area contributed by atoms with Gasteiger partial charge in [-0.25, -0.2) is 4.79 Å². The van der Waals surface area contributed by atoms with Gasteiger partial charge in [0.15, 0.2) is 0 Å². The third kappa shape index (κ3) is 4.83. The minimum absolute atomic E-state index is 0.0406. The molecular formula is C19H11ClI3NO4S. The van der Waals surface area contributed by atoms with E-state index in [9.17, 15) is 14.7 Å². The number of carboxylic acid groups (broad SMARTS) is 1. The number of nitrogens with one attached hydrogen (secondary N) is 1. The third-order valence-corrected chi connectivity index (χ3v) is 9.10. The number of ether oxygens (including phenoxy) is 1. The fourth-order valence-electron chi connectivity index (χ4n) is 2.63. The second-order valence-corrected chi connectivity index (χ2v) is 10.3. The first kappa shape index (κ1) is 23.0. The number of amides is 1. The molecule has 1 aromatic heterocycles. The highest BCUT2D eigenvalue weighted by molar-refractivity contribution is 14.1. The maximum atomic E-state index is 13.0. The number of carbonyl (C=O) groups excluding carboxylic acids is 1. The van der Waals surface area contributed by atoms with Gasteiger partial charge in [-0.15, -0.1) is 11.3 Å². The summed E-state index contributed by atoms with van der Waals surface area (Å²) in [4.78, 5) is 25.0. The third-order valence-electron chi connectivity index (χ3n) is 3.94. The van der Waals surface area contributed by atoms with Crippen LogP contribution in [-0.4, -0.2) is 24.1 Å². The van der Waals surface area contributed by atoms with Gasteiger partial charge in [-0.2, -0.15) is 0 Å². The van der Waals surface area contributed by atoms with Crippen LogP contribution in [0.4, 0.5) is 5.00 Å². The lowest BCUT2D eigenvalue weighted by atomic mass is 10.0. The van der Waals surface area contributed by atoms with Crippen molar-refractivity contribution < 1.29 is 19.4 Å². The fraction of sp³-hybridized carbons (Fsp3) is 0.0526. The first-order chi connectivity index (χ1) is 13.7. The Labute approximate surface area is 216 Å². The molecule has 2 N–H and O–H groups in total. The number of thiophene rings is 1. The van der Waals surface area contributed by atoms with E-state index in [1.165, 1.54) is 0 Å². The Bertz CT molecular complexity index is 1130. The molecule has 29 heavy (non-hydrogen) atoms. The number of halogens is 4. The van der Waals surface area contributed by atoms with Crippen LogP contribution in [-0.2, 0) is 0 Å². The van der Waals surface area contributed by atoms with Gasteiger partial charge < -0.3 is 15.2 Å². The lowest BCUT2D eigenvalue weighted by Gasteiger charge is -2.13. The summed E-state index contributed by atoms with van der Waals surface area (Å²) in [7, 11) is 1.57. The number of methoxy groups -OCH3 is 1. The van der Waals surface area contributed by atoms with Crippen molar-refractivity contribution in [2.45, 2.75) is 0 Å². The molecule has 0 spiro atoms. The van der Waals surface area contributed by atoms with E-state index in [1.807, 2.05) is 0 Å². The molecular weight excluding hydrogens is 754 g/mol. The van der Waals surface area contributed by atoms with Gasteiger partial charge in [-0.1, -0.05) is 23.7 Å². The van der Waals surface area contributed by atoms with Crippen LogP contribution >= 0.6 is 90.7 Å². The van der Waals surface area contributed by atoms with E-state index in [2.05, 4.69) is 73.1 Å². The smallest absolute Gasteiger partial charge is 0.339 e. The van der Waals surface area contributed by atoms with E-state index in [0.29, 0.717) is 31.0 Å². The summed E-state index contributed by atoms with van der Waals surface area (Å²) in [5, 5.41) is 15.0. The van der Waals surface area contributed by atoms with Crippen molar-refractivity contribution >= 4 is 108 Å². The normalized spacial score (nSPS) is 10.7. The average Bonchev–Trinajstić information content (AvgIpc) is 3.08. The summed E-state index contributed by atoms with van der Waals surface area (Å²) in [6.07, 6.45) is 0. The SMILES string of the molecule is COc1cc(I)c(C(=O)Nc2scc(-c3cccc(Cl)c3)c2C(=O)O)c(I)c1I. The molecule has 0 radical (unpaired) electrons. The molecule has 0 aliphatic heterocycles. The Morgan fingerprint density at radius 3 is 2.48 bits per heavy atom. The minimum Gasteiger partial charge on any atom is -0.496 e. The maximum Gasteiger partial charge on any atom is 0.339 e. The zero-order valence-electron chi connectivity index (χ0n) is 14.6. The molecule has 0 saturated heterocycles. The number of rotatable bonds is 5. The standard InChI is InChI=1S/C19H11ClI3NO4S/c1-28-12-6-11(21)14(16(23)15(12)22)17(25)24-18-13(19(26)27)10(7-29-18)8-3-2-4-9(20)5-8/h2-7H,1H3,(H,24,25)(H,26,27). The number of carboxylic acids is 1. The Balaban J connectivity index is 2.03. The molecule has 0 atom stereocenters. The van der Waals surface area contributed by atoms with E-state index >= 15 is 0 Å². The molecule has 0 aliphatic rings. The summed E-state index contributed by atoms with van der Waals surface area (Å²) in [5.41, 5.74) is 1.70. The zero-order chi connectivity index (χ0) is 21.3. The van der Waals surface area contributed by atoms with Crippen LogP contribution in [0.25, 0.3) is 11.1 Å². The molecule has 5 nitrogen and oxygen atoms in total. The van der Waals surface area contributed by atoms with Crippen molar-refractivity contribution in [3.8, 4) is 16.9 Å². The topological polar surface area (TPSA) is 75.6 Å². The van der Waals surface area contributed by atoms with E-state index in [-0.39, 0.29) is 16.5 Å². The summed E-state index contributed by atoms with van der Waals surface area (Å²) >= 11 is 13.5. The number of aromatic carboxylic acids is 1. The Morgan fingerprint density at radius 2 is 1.86 bits per heavy atom. The molecule has 0 fully saturated rings. The van der Waals surface area contributed by atoms with Crippen LogP contribution in [0.1, 0.15) is 20.7 Å². The molecule has 0 unspecified atom stereocenters. The van der Waals surface area contributed by atoms with Gasteiger partial charge in [0.1, 0.15) is 16.3 Å². The van der Waals surface area contributed by atoms with E-state index < -0.39 is 5.97 Å². The average molecular weight is 766 g/mol. The van der Waals surface area contributed by atoms with Crippen molar-refractivity contribution in [1.29, 1.82) is 0 Å². The molecule has 0 bridgehead atoms. The first-order valence-corrected chi connectivity index (χ1v) is 12.4. The number of carbonyl (C=O) groups is 2. The molecule has 0 saturated carbocycles. The predicted octanol–water partition coefficient (Wildman–Crippen LogP) is 6.84. The highest BCUT2D eigenvalue weighted by atomic mass is 127. The molecule has 2 aromatic carbocycles. The van der Waals surface area contributed by atoms with Gasteiger partial charge in [-0.05, 0) is 91.5 Å². The van der Waals surface area contributed by atoms with Gasteiger partial charge in [0, 0.05) is 23.1 Å². The van der Waals surface area contributed by atoms with Gasteiger partial charge >= 0.3 is 5.97 Å². The number of hydrogen-bond acceptors (Lipinski definition) is 4. The van der Waals surface area contributed by atoms with E-state index in [1.54, 1.807) is 42.8 Å². The Hall–Kier alpha value is -0.640. The zero-order valence-corrected chi connectivity index (χ0v) is 22.6. The predicted molar refractivity (Wildman–Crippen MR) is 141 cm³/mol. The highest BCUT2D eigenvalue weighted by Gasteiger charge is 2.25. The molecule has 150 valence electrons. The second kappa shape index (κ2) is 9.66. The first-order valence-electron chi connectivity index (χ1n) is 7.88. The fourth-order valence-corrected chi connectivity index (χ4v) is 6.53. The van der Waals surface area contributed by atoms with Crippen molar-refractivity contribution in [3.63, 3.8) is 0 Å². The molecule has 0 aliphatic carbocycles. The van der Waals surface area contributed by atoms with Gasteiger partial charge in [0.25, 0.3) is 5.91 Å². The second-order valence-electron chi connectivity index (χ2n) is 5.69. The van der Waals surface area contributed by atoms with Crippen molar-refractivity contribution in [1.82, 2.24) is 0 Å². The number of anilines is 1. The van der Waals surface area contributed by atoms with Crippen molar-refractivity contribution in [3.05, 3.63) is 62.6 Å². The van der Waals surface area contributed by atoms with Crippen LogP contribution in [0.5, 0.6) is 5.75 Å². The molecule has 3 aromatic rings. The highest BCUT2D eigenvalue weighted by Crippen LogP contribution is 2.38. The molecule has 1 amide bonds. The lowest BCUT2D eigenvalue weighted by molar-refractivity contribution is 0.0699. The number of benzene rings is 2. The lowest BCUT2D eigenvalue weighted by Crippen LogP contribution is -2.17. The van der Waals surface area contributed by atoms with E-state index in [4.69, 9.17) is 16.3 Å². The molecule has 10 heteroatoms. The van der Waals surface area contributed by atoms with E-state index in [0.717, 1.165) is 18.5 Å². The Kier molecular flexibility index (Phi) is 7.67. The monoisotopic (exact) mass is 765 g/mol. The molecule has 1 heterocycles. The molecule has 3 rings (SSSR count). The van der Waals surface area contributed by atoms with Gasteiger partial charge in [0.2, 0.25) is 0 Å². The van der Waals surface area contributed by atoms with Crippen LogP contribution in [0.2, 0.25) is 5.02 Å². The van der Waals surface area contributed by atoms with Gasteiger partial charge in [-0.3, -0.25) is 4.79 Å².